The number of nitrogens with zero attached hydrogens (tertiary/aromatic N) is 1. The molecule has 0 aliphatic heterocycles. The molecule has 0 radical (unpaired) electrons. The maximum absolute atomic E-state index is 12.9. The van der Waals surface area contributed by atoms with Crippen molar-refractivity contribution in [3.8, 4) is 0 Å². The summed E-state index contributed by atoms with van der Waals surface area (Å²) in [6.07, 6.45) is 2.68. The van der Waals surface area contributed by atoms with Gasteiger partial charge in [0.1, 0.15) is 0 Å². The van der Waals surface area contributed by atoms with Gasteiger partial charge in [-0.3, -0.25) is 4.79 Å². The van der Waals surface area contributed by atoms with E-state index in [1.165, 1.54) is 20.2 Å². The average Bonchev–Trinajstić information content (AvgIpc) is 2.59. The maximum Gasteiger partial charge on any atom is 0.252 e. The van der Waals surface area contributed by atoms with Gasteiger partial charge < -0.3 is 5.32 Å². The summed E-state index contributed by atoms with van der Waals surface area (Å²) in [5.41, 5.74) is 0.874. The van der Waals surface area contributed by atoms with Crippen LogP contribution < -0.4 is 5.32 Å². The molecule has 0 bridgehead atoms. The zero-order chi connectivity index (χ0) is 19.8. The molecular formula is C19H20BrClN2O3S. The molecule has 1 aliphatic rings. The topological polar surface area (TPSA) is 66.5 Å². The fraction of sp³-hybridized carbons (Fsp3) is 0.316. The monoisotopic (exact) mass is 470 g/mol. The number of hydrogen-bond acceptors (Lipinski definition) is 3. The first kappa shape index (κ1) is 20.3. The Hall–Kier alpha value is -1.41. The van der Waals surface area contributed by atoms with Crippen LogP contribution in [-0.4, -0.2) is 32.7 Å². The van der Waals surface area contributed by atoms with Gasteiger partial charge >= 0.3 is 0 Å². The smallest absolute Gasteiger partial charge is 0.252 e. The van der Waals surface area contributed by atoms with Crippen molar-refractivity contribution in [3.63, 3.8) is 0 Å². The van der Waals surface area contributed by atoms with Gasteiger partial charge in [0.25, 0.3) is 5.91 Å². The van der Waals surface area contributed by atoms with Crippen molar-refractivity contribution >= 4 is 43.5 Å². The SMILES string of the molecule is CN(C)S(=O)(=O)c1cc(C(=O)NC2(c3ccc(Cl)cc3)CCC2)ccc1Br. The van der Waals surface area contributed by atoms with Crippen molar-refractivity contribution in [1.82, 2.24) is 9.62 Å². The van der Waals surface area contributed by atoms with Crippen LogP contribution in [-0.2, 0) is 15.6 Å². The van der Waals surface area contributed by atoms with Crippen molar-refractivity contribution in [3.05, 3.63) is 63.1 Å². The van der Waals surface area contributed by atoms with Crippen molar-refractivity contribution < 1.29 is 13.2 Å². The van der Waals surface area contributed by atoms with E-state index in [0.717, 1.165) is 29.1 Å². The van der Waals surface area contributed by atoms with Crippen molar-refractivity contribution in [2.75, 3.05) is 14.1 Å². The predicted molar refractivity (Wildman–Crippen MR) is 109 cm³/mol. The van der Waals surface area contributed by atoms with Crippen LogP contribution in [0.4, 0.5) is 0 Å². The van der Waals surface area contributed by atoms with Crippen molar-refractivity contribution in [2.45, 2.75) is 29.7 Å². The van der Waals surface area contributed by atoms with Crippen LogP contribution in [0.5, 0.6) is 0 Å². The number of rotatable bonds is 5. The molecule has 1 saturated carbocycles. The number of hydrogen-bond donors (Lipinski definition) is 1. The maximum atomic E-state index is 12.9. The molecule has 8 heteroatoms. The Morgan fingerprint density at radius 1 is 1.15 bits per heavy atom. The molecule has 5 nitrogen and oxygen atoms in total. The lowest BCUT2D eigenvalue weighted by molar-refractivity contribution is 0.0823. The molecule has 1 amide bonds. The van der Waals surface area contributed by atoms with E-state index in [1.54, 1.807) is 12.1 Å². The van der Waals surface area contributed by atoms with Crippen LogP contribution in [0.1, 0.15) is 35.2 Å². The lowest BCUT2D eigenvalue weighted by Crippen LogP contribution is -2.50. The summed E-state index contributed by atoms with van der Waals surface area (Å²) >= 11 is 9.24. The standard InChI is InChI=1S/C19H20BrClN2O3S/c1-23(2)27(25,26)17-12-13(4-9-16(17)20)18(24)22-19(10-3-11-19)14-5-7-15(21)8-6-14/h4-9,12H,3,10-11H2,1-2H3,(H,22,24). The molecule has 0 unspecified atom stereocenters. The molecule has 2 aromatic rings. The first-order valence-corrected chi connectivity index (χ1v) is 11.1. The molecule has 27 heavy (non-hydrogen) atoms. The number of halogens is 2. The van der Waals surface area contributed by atoms with E-state index in [2.05, 4.69) is 21.2 Å². The summed E-state index contributed by atoms with van der Waals surface area (Å²) in [4.78, 5) is 13.0. The van der Waals surface area contributed by atoms with Crippen LogP contribution in [0.25, 0.3) is 0 Å². The molecular weight excluding hydrogens is 452 g/mol. The summed E-state index contributed by atoms with van der Waals surface area (Å²) in [7, 11) is -0.750. The fourth-order valence-corrected chi connectivity index (χ4v) is 5.08. The van der Waals surface area contributed by atoms with Crippen LogP contribution in [0.15, 0.2) is 51.8 Å². The predicted octanol–water partition coefficient (Wildman–Crippen LogP) is 4.16. The van der Waals surface area contributed by atoms with E-state index in [1.807, 2.05) is 24.3 Å². The zero-order valence-corrected chi connectivity index (χ0v) is 18.2. The van der Waals surface area contributed by atoms with Crippen LogP contribution in [0.2, 0.25) is 5.02 Å². The molecule has 3 rings (SSSR count). The van der Waals surface area contributed by atoms with Crippen LogP contribution in [0.3, 0.4) is 0 Å². The largest absolute Gasteiger partial charge is 0.343 e. The third-order valence-electron chi connectivity index (χ3n) is 4.91. The molecule has 0 aromatic heterocycles. The number of sulfonamides is 1. The third-order valence-corrected chi connectivity index (χ3v) is 7.97. The molecule has 1 fully saturated rings. The van der Waals surface area contributed by atoms with Gasteiger partial charge in [0.2, 0.25) is 10.0 Å². The molecule has 1 N–H and O–H groups in total. The van der Waals surface area contributed by atoms with Gasteiger partial charge in [-0.1, -0.05) is 23.7 Å². The number of amides is 1. The highest BCUT2D eigenvalue weighted by molar-refractivity contribution is 9.10. The zero-order valence-electron chi connectivity index (χ0n) is 15.0. The van der Waals surface area contributed by atoms with Crippen molar-refractivity contribution in [2.24, 2.45) is 0 Å². The second kappa shape index (κ2) is 7.54. The Morgan fingerprint density at radius 3 is 2.30 bits per heavy atom. The molecule has 0 heterocycles. The van der Waals surface area contributed by atoms with Gasteiger partial charge in [-0.15, -0.1) is 0 Å². The number of carbonyl (C=O) groups is 1. The lowest BCUT2D eigenvalue weighted by atomic mass is 9.71. The van der Waals surface area contributed by atoms with Crippen molar-refractivity contribution in [1.29, 1.82) is 0 Å². The van der Waals surface area contributed by atoms with Gasteiger partial charge in [-0.05, 0) is 71.1 Å². The van der Waals surface area contributed by atoms with E-state index in [9.17, 15) is 13.2 Å². The van der Waals surface area contributed by atoms with E-state index in [0.29, 0.717) is 15.1 Å². The van der Waals surface area contributed by atoms with E-state index >= 15 is 0 Å². The summed E-state index contributed by atoms with van der Waals surface area (Å²) < 4.78 is 26.5. The lowest BCUT2D eigenvalue weighted by Gasteiger charge is -2.43. The molecule has 144 valence electrons. The van der Waals surface area contributed by atoms with E-state index < -0.39 is 15.6 Å². The summed E-state index contributed by atoms with van der Waals surface area (Å²) in [5.74, 6) is -0.299. The average molecular weight is 472 g/mol. The second-order valence-electron chi connectivity index (χ2n) is 6.83. The van der Waals surface area contributed by atoms with Gasteiger partial charge in [-0.2, -0.15) is 0 Å². The Labute approximate surface area is 172 Å². The summed E-state index contributed by atoms with van der Waals surface area (Å²) in [6.45, 7) is 0. The molecule has 1 aliphatic carbocycles. The minimum Gasteiger partial charge on any atom is -0.343 e. The Balaban J connectivity index is 1.91. The van der Waals surface area contributed by atoms with Gasteiger partial charge in [0, 0.05) is 29.2 Å². The fourth-order valence-electron chi connectivity index (χ4n) is 3.11. The highest BCUT2D eigenvalue weighted by Crippen LogP contribution is 2.42. The normalized spacial score (nSPS) is 16.0. The first-order chi connectivity index (χ1) is 12.7. The Bertz CT molecular complexity index is 971. The molecule has 0 atom stereocenters. The van der Waals surface area contributed by atoms with Gasteiger partial charge in [0.05, 0.1) is 10.4 Å². The second-order valence-corrected chi connectivity index (χ2v) is 10.2. The quantitative estimate of drug-likeness (QED) is 0.712. The Morgan fingerprint density at radius 2 is 1.78 bits per heavy atom. The highest BCUT2D eigenvalue weighted by atomic mass is 79.9. The van der Waals surface area contributed by atoms with Crippen LogP contribution in [0, 0.1) is 0 Å². The number of benzene rings is 2. The molecule has 2 aromatic carbocycles. The summed E-state index contributed by atoms with van der Waals surface area (Å²) in [6, 6.07) is 12.1. The summed E-state index contributed by atoms with van der Waals surface area (Å²) in [5, 5.41) is 3.75. The molecule has 0 spiro atoms. The minimum atomic E-state index is -3.66. The Kier molecular flexibility index (Phi) is 5.68. The van der Waals surface area contributed by atoms with Gasteiger partial charge in [0.15, 0.2) is 0 Å². The number of nitrogens with one attached hydrogen (secondary N) is 1. The number of carbonyl (C=O) groups excluding carboxylic acids is 1. The van der Waals surface area contributed by atoms with Gasteiger partial charge in [-0.25, -0.2) is 12.7 Å². The van der Waals surface area contributed by atoms with Crippen LogP contribution >= 0.6 is 27.5 Å². The minimum absolute atomic E-state index is 0.0642. The first-order valence-electron chi connectivity index (χ1n) is 8.46. The van der Waals surface area contributed by atoms with E-state index in [-0.39, 0.29) is 10.8 Å². The third kappa shape index (κ3) is 3.92. The highest BCUT2D eigenvalue weighted by Gasteiger charge is 2.40. The van der Waals surface area contributed by atoms with E-state index in [4.69, 9.17) is 11.6 Å². The molecule has 0 saturated heterocycles.